The normalized spacial score (nSPS) is 16.3. The number of ether oxygens (including phenoxy) is 5. The Bertz CT molecular complexity index is 3810. The molecule has 6 heterocycles. The fourth-order valence-corrected chi connectivity index (χ4v) is 12.6. The number of anilines is 1. The molecule has 0 bridgehead atoms. The second kappa shape index (κ2) is 23.7. The van der Waals surface area contributed by atoms with Crippen LogP contribution in [-0.4, -0.2) is 99.2 Å². The van der Waals surface area contributed by atoms with Crippen molar-refractivity contribution in [1.29, 1.82) is 0 Å². The number of rotatable bonds is 18. The smallest absolute Gasteiger partial charge is 0.379 e. The number of β-lactam (4-membered cyclic amide) rings is 1. The van der Waals surface area contributed by atoms with Gasteiger partial charge in [0, 0.05) is 42.0 Å². The largest absolute Gasteiger partial charge is 0.456 e. The van der Waals surface area contributed by atoms with Crippen molar-refractivity contribution in [2.24, 2.45) is 5.16 Å². The van der Waals surface area contributed by atoms with E-state index in [1.165, 1.54) is 38.3 Å². The molecule has 23 heteroatoms. The van der Waals surface area contributed by atoms with Crippen molar-refractivity contribution in [2.75, 3.05) is 17.2 Å². The fourth-order valence-electron chi connectivity index (χ4n) is 9.55. The number of aromatic nitrogens is 5. The van der Waals surface area contributed by atoms with Crippen LogP contribution < -0.4 is 20.5 Å². The van der Waals surface area contributed by atoms with Gasteiger partial charge in [-0.25, -0.2) is 24.4 Å². The maximum absolute atomic E-state index is 15.1. The van der Waals surface area contributed by atoms with Crippen LogP contribution in [0.1, 0.15) is 107 Å². The van der Waals surface area contributed by atoms with Crippen LogP contribution in [0.5, 0.6) is 11.5 Å². The lowest BCUT2D eigenvalue weighted by Gasteiger charge is -2.49. The van der Waals surface area contributed by atoms with Gasteiger partial charge in [0.2, 0.25) is 5.79 Å². The number of carbonyl (C=O) groups excluding carboxylic acids is 5. The third-order valence-electron chi connectivity index (χ3n) is 13.2. The number of aryl methyl sites for hydroxylation is 1. The standard InChI is InChI=1S/C61H55N9O11S3/c1-34-29-43(70-59(63-34)66-51(67-70)57(75)78-49(37-23-15-9-16-24-37)38-25-17-10-18-26-38)82-31-40-32-83-54-46(53(72)69(54)47(40)56(74)77-48(35-19-11-7-12-20-35)36-21-13-8-14-22-36)65-52(71)45(41-33-84-58(62)64-41)68-76-30-39-27-28-42-50(80-61(5,6)79-42)44(39)55(73)81-60(2,3)4/h7-29,33,46,48-49,54H,30-32H2,1-6H3,(H2,62,64)(H,65,71)/b68-45-/t46-,54-/m1/s1. The monoisotopic (exact) mass is 1190 g/mol. The fraction of sp³-hybridized carbons (Fsp3) is 0.246. The minimum atomic E-state index is -1.16. The SMILES string of the molecule is Cc1cc(SCC2=C(C(=O)OC(c3ccccc3)c3ccccc3)N3C(=O)[C@@H](NC(=O)/C(=N\OCc4ccc5c(c4C(=O)OC(C)(C)C)OC(C)(C)O5)c4csc(N)n4)[C@H]3SC2)n2nc(C(=O)OC(c3ccccc3)c3ccccc3)nc2n1. The van der Waals surface area contributed by atoms with Gasteiger partial charge in [0.25, 0.3) is 23.4 Å². The van der Waals surface area contributed by atoms with E-state index < -0.39 is 64.7 Å². The number of fused-ring (bicyclic) bond motifs is 3. The van der Waals surface area contributed by atoms with Crippen LogP contribution in [0.4, 0.5) is 5.13 Å². The van der Waals surface area contributed by atoms with Gasteiger partial charge >= 0.3 is 17.9 Å². The van der Waals surface area contributed by atoms with Gasteiger partial charge in [0.05, 0.1) is 0 Å². The van der Waals surface area contributed by atoms with Gasteiger partial charge in [0.15, 0.2) is 34.6 Å². The number of nitrogen functional groups attached to an aromatic ring is 1. The van der Waals surface area contributed by atoms with Crippen LogP contribution in [-0.2, 0) is 40.0 Å². The van der Waals surface area contributed by atoms with Crippen LogP contribution in [0.15, 0.2) is 166 Å². The van der Waals surface area contributed by atoms with Crippen molar-refractivity contribution in [1.82, 2.24) is 34.8 Å². The average Bonchev–Trinajstić information content (AvgIpc) is 1.69. The lowest BCUT2D eigenvalue weighted by molar-refractivity contribution is -0.154. The first kappa shape index (κ1) is 56.8. The van der Waals surface area contributed by atoms with E-state index in [4.69, 9.17) is 34.3 Å². The highest BCUT2D eigenvalue weighted by atomic mass is 32.2. The first-order valence-electron chi connectivity index (χ1n) is 26.5. The van der Waals surface area contributed by atoms with Crippen molar-refractivity contribution in [3.63, 3.8) is 0 Å². The molecule has 8 aromatic rings. The molecule has 3 aromatic heterocycles. The molecule has 428 valence electrons. The zero-order valence-corrected chi connectivity index (χ0v) is 48.7. The maximum Gasteiger partial charge on any atom is 0.379 e. The van der Waals surface area contributed by atoms with Gasteiger partial charge < -0.3 is 39.6 Å². The van der Waals surface area contributed by atoms with Crippen LogP contribution >= 0.6 is 34.9 Å². The van der Waals surface area contributed by atoms with Gasteiger partial charge in [-0.3, -0.25) is 14.5 Å². The Balaban J connectivity index is 0.875. The van der Waals surface area contributed by atoms with Crippen molar-refractivity contribution in [3.05, 3.63) is 207 Å². The van der Waals surface area contributed by atoms with E-state index in [0.29, 0.717) is 38.7 Å². The van der Waals surface area contributed by atoms with E-state index in [0.717, 1.165) is 22.5 Å². The number of benzene rings is 5. The summed E-state index contributed by atoms with van der Waals surface area (Å²) in [6.07, 6.45) is -1.61. The summed E-state index contributed by atoms with van der Waals surface area (Å²) < 4.78 is 31.7. The lowest BCUT2D eigenvalue weighted by Crippen LogP contribution is -2.71. The summed E-state index contributed by atoms with van der Waals surface area (Å²) >= 11 is 3.69. The van der Waals surface area contributed by atoms with E-state index in [1.807, 2.05) is 121 Å². The highest BCUT2D eigenvalue weighted by Crippen LogP contribution is 2.45. The molecule has 0 saturated carbocycles. The minimum Gasteiger partial charge on any atom is -0.456 e. The van der Waals surface area contributed by atoms with E-state index >= 15 is 4.79 Å². The third-order valence-corrected chi connectivity index (χ3v) is 16.3. The van der Waals surface area contributed by atoms with Gasteiger partial charge in [-0.15, -0.1) is 40.0 Å². The number of esters is 3. The Morgan fingerprint density at radius 1 is 0.810 bits per heavy atom. The Kier molecular flexibility index (Phi) is 16.0. The third kappa shape index (κ3) is 12.2. The summed E-state index contributed by atoms with van der Waals surface area (Å²) in [6, 6.07) is 41.1. The minimum absolute atomic E-state index is 0.00811. The highest BCUT2D eigenvalue weighted by Gasteiger charge is 2.55. The quantitative estimate of drug-likeness (QED) is 0.0154. The van der Waals surface area contributed by atoms with E-state index in [2.05, 4.69) is 30.5 Å². The molecule has 0 spiro atoms. The molecule has 2 amide bonds. The number of carbonyl (C=O) groups is 5. The number of thioether (sulfide) groups is 2. The van der Waals surface area contributed by atoms with Crippen LogP contribution in [0, 0.1) is 6.92 Å². The van der Waals surface area contributed by atoms with Crippen molar-refractivity contribution >= 4 is 81.2 Å². The van der Waals surface area contributed by atoms with E-state index in [-0.39, 0.29) is 63.3 Å². The molecule has 20 nitrogen and oxygen atoms in total. The molecule has 0 aliphatic carbocycles. The molecule has 3 N–H and O–H groups in total. The number of hydrogen-bond acceptors (Lipinski definition) is 20. The molecule has 3 aliphatic rings. The van der Waals surface area contributed by atoms with Crippen LogP contribution in [0.3, 0.4) is 0 Å². The molecule has 1 saturated heterocycles. The van der Waals surface area contributed by atoms with E-state index in [9.17, 15) is 19.2 Å². The van der Waals surface area contributed by atoms with Crippen LogP contribution in [0.25, 0.3) is 5.78 Å². The van der Waals surface area contributed by atoms with Crippen molar-refractivity contribution < 1.29 is 52.5 Å². The molecule has 84 heavy (non-hydrogen) atoms. The average molecular weight is 1190 g/mol. The summed E-state index contributed by atoms with van der Waals surface area (Å²) in [5, 5.41) is 13.0. The van der Waals surface area contributed by atoms with E-state index in [1.54, 1.807) is 59.7 Å². The lowest BCUT2D eigenvalue weighted by atomic mass is 10.0. The summed E-state index contributed by atoms with van der Waals surface area (Å²) in [6.45, 7) is 10.1. The second-order valence-corrected chi connectivity index (χ2v) is 24.0. The molecular weight excluding hydrogens is 1130 g/mol. The van der Waals surface area contributed by atoms with Gasteiger partial charge in [0.1, 0.15) is 45.6 Å². The molecule has 5 aromatic carbocycles. The number of oxime groups is 1. The molecule has 0 radical (unpaired) electrons. The Morgan fingerprint density at radius 3 is 1.98 bits per heavy atom. The molecule has 0 unspecified atom stereocenters. The van der Waals surface area contributed by atoms with Crippen LogP contribution in [0.2, 0.25) is 0 Å². The predicted molar refractivity (Wildman–Crippen MR) is 314 cm³/mol. The zero-order chi connectivity index (χ0) is 58.9. The van der Waals surface area contributed by atoms with Gasteiger partial charge in [-0.2, -0.15) is 9.50 Å². The van der Waals surface area contributed by atoms with Gasteiger partial charge in [-0.1, -0.05) is 133 Å². The molecule has 2 atom stereocenters. The second-order valence-electron chi connectivity index (χ2n) is 21.0. The zero-order valence-electron chi connectivity index (χ0n) is 46.2. The number of nitrogens with one attached hydrogen (secondary N) is 1. The van der Waals surface area contributed by atoms with Gasteiger partial charge in [-0.05, 0) is 67.7 Å². The molecule has 1 fully saturated rings. The predicted octanol–water partition coefficient (Wildman–Crippen LogP) is 9.58. The topological polar surface area (TPSA) is 250 Å². The van der Waals surface area contributed by atoms with Crippen molar-refractivity contribution in [2.45, 2.75) is 88.2 Å². The summed E-state index contributed by atoms with van der Waals surface area (Å²) in [5.74, 6) is -3.92. The summed E-state index contributed by atoms with van der Waals surface area (Å²) in [4.78, 5) is 92.5. The number of hydrogen-bond donors (Lipinski definition) is 2. The number of amides is 2. The number of nitrogens with two attached hydrogens (primary N) is 1. The number of thiazole rings is 1. The Labute approximate surface area is 494 Å². The maximum atomic E-state index is 15.1. The molecule has 3 aliphatic heterocycles. The summed E-state index contributed by atoms with van der Waals surface area (Å²) in [7, 11) is 0. The van der Waals surface area contributed by atoms with Crippen molar-refractivity contribution in [3.8, 4) is 11.5 Å². The summed E-state index contributed by atoms with van der Waals surface area (Å²) in [5.41, 5.74) is 9.38. The number of nitrogens with zero attached hydrogens (tertiary/aromatic N) is 7. The first-order valence-corrected chi connectivity index (χ1v) is 29.4. The molecular formula is C61H55N9O11S3. The highest BCUT2D eigenvalue weighted by molar-refractivity contribution is 8.01. The molecule has 11 rings (SSSR count). The Hall–Kier alpha value is -9.06. The first-order chi connectivity index (χ1) is 40.4. The Morgan fingerprint density at radius 2 is 1.40 bits per heavy atom.